The van der Waals surface area contributed by atoms with E-state index in [0.717, 1.165) is 0 Å². The normalized spacial score (nSPS) is 15.9. The van der Waals surface area contributed by atoms with E-state index < -0.39 is 39.2 Å². The lowest BCUT2D eigenvalue weighted by Crippen LogP contribution is -2.57. The zero-order valence-corrected chi connectivity index (χ0v) is 14.9. The molecule has 2 unspecified atom stereocenters. The van der Waals surface area contributed by atoms with Crippen LogP contribution in [-0.4, -0.2) is 36.8 Å². The van der Waals surface area contributed by atoms with Gasteiger partial charge in [-0.15, -0.1) is 0 Å². The number of anilines is 1. The maximum absolute atomic E-state index is 13.9. The van der Waals surface area contributed by atoms with Gasteiger partial charge in [0.15, 0.2) is 15.4 Å². The number of alkyl halides is 3. The van der Waals surface area contributed by atoms with Gasteiger partial charge in [-0.25, -0.2) is 8.42 Å². The Morgan fingerprint density at radius 1 is 1.00 bits per heavy atom. The van der Waals surface area contributed by atoms with E-state index in [9.17, 15) is 26.7 Å². The number of rotatable bonds is 7. The Morgan fingerprint density at radius 3 is 1.96 bits per heavy atom. The molecule has 0 aliphatic rings. The molecule has 0 aliphatic heterocycles. The van der Waals surface area contributed by atoms with Crippen LogP contribution in [-0.2, 0) is 9.84 Å². The quantitative estimate of drug-likeness (QED) is 0.762. The molecule has 0 saturated heterocycles. The number of nitrogens with one attached hydrogen (secondary N) is 1. The van der Waals surface area contributed by atoms with E-state index in [1.807, 2.05) is 0 Å². The fraction of sp³-hybridized carbons (Fsp3) is 0.333. The van der Waals surface area contributed by atoms with Crippen molar-refractivity contribution in [1.82, 2.24) is 0 Å². The lowest BCUT2D eigenvalue weighted by Gasteiger charge is -2.38. The van der Waals surface area contributed by atoms with Crippen LogP contribution in [0.1, 0.15) is 18.5 Å². The first kappa shape index (κ1) is 20.3. The van der Waals surface area contributed by atoms with E-state index in [2.05, 4.69) is 5.32 Å². The van der Waals surface area contributed by atoms with Crippen LogP contribution in [0, 0.1) is 0 Å². The third-order valence-corrected chi connectivity index (χ3v) is 5.83. The summed E-state index contributed by atoms with van der Waals surface area (Å²) in [5.41, 5.74) is -3.04. The second-order valence-electron chi connectivity index (χ2n) is 5.95. The van der Waals surface area contributed by atoms with Crippen LogP contribution in [0.2, 0.25) is 0 Å². The zero-order chi connectivity index (χ0) is 19.4. The summed E-state index contributed by atoms with van der Waals surface area (Å²) in [5, 5.41) is 13.3. The van der Waals surface area contributed by atoms with Crippen molar-refractivity contribution in [2.45, 2.75) is 24.7 Å². The molecule has 26 heavy (non-hydrogen) atoms. The summed E-state index contributed by atoms with van der Waals surface area (Å²) in [7, 11) is -4.12. The van der Waals surface area contributed by atoms with E-state index in [4.69, 9.17) is 0 Å². The van der Waals surface area contributed by atoms with Crippen LogP contribution < -0.4 is 5.32 Å². The Hall–Kier alpha value is -2.06. The van der Waals surface area contributed by atoms with Gasteiger partial charge in [0, 0.05) is 11.4 Å². The van der Waals surface area contributed by atoms with Gasteiger partial charge in [0.25, 0.3) is 0 Å². The molecule has 0 spiro atoms. The van der Waals surface area contributed by atoms with Gasteiger partial charge in [-0.05, 0) is 17.7 Å². The molecule has 8 heteroatoms. The number of benzene rings is 2. The Kier molecular flexibility index (Phi) is 5.98. The summed E-state index contributed by atoms with van der Waals surface area (Å²) in [6, 6.07) is 13.8. The largest absolute Gasteiger partial charge is 0.420 e. The monoisotopic (exact) mass is 387 g/mol. The number of aliphatic hydroxyl groups is 1. The number of para-hydroxylation sites is 1. The molecule has 0 aliphatic carbocycles. The second kappa shape index (κ2) is 7.67. The van der Waals surface area contributed by atoms with Crippen molar-refractivity contribution in [3.8, 4) is 0 Å². The van der Waals surface area contributed by atoms with E-state index in [1.54, 1.807) is 36.4 Å². The molecular weight excluding hydrogens is 367 g/mol. The number of hydrogen-bond donors (Lipinski definition) is 2. The van der Waals surface area contributed by atoms with Crippen molar-refractivity contribution in [1.29, 1.82) is 0 Å². The van der Waals surface area contributed by atoms with E-state index in [-0.39, 0.29) is 5.56 Å². The summed E-state index contributed by atoms with van der Waals surface area (Å²) in [6.45, 7) is 1.24. The predicted molar refractivity (Wildman–Crippen MR) is 94.6 cm³/mol. The smallest absolute Gasteiger partial charge is 0.378 e. The third kappa shape index (κ3) is 4.56. The van der Waals surface area contributed by atoms with Crippen molar-refractivity contribution in [3.05, 3.63) is 66.2 Å². The van der Waals surface area contributed by atoms with E-state index in [1.165, 1.54) is 31.2 Å². The van der Waals surface area contributed by atoms with Gasteiger partial charge in [0.1, 0.15) is 0 Å². The summed E-state index contributed by atoms with van der Waals surface area (Å²) in [5.74, 6) is -1.93. The maximum atomic E-state index is 13.9. The Balaban J connectivity index is 2.58. The van der Waals surface area contributed by atoms with Gasteiger partial charge in [0.2, 0.25) is 0 Å². The molecule has 2 N–H and O–H groups in total. The minimum absolute atomic E-state index is 0.127. The SMILES string of the molecule is CCS(=O)(=O)CC(O)(C(Nc1ccccc1)c1ccccc1)C(F)(F)F. The molecule has 2 aromatic rings. The lowest BCUT2D eigenvalue weighted by molar-refractivity contribution is -0.257. The first-order valence-electron chi connectivity index (χ1n) is 7.95. The molecule has 0 aromatic heterocycles. The first-order chi connectivity index (χ1) is 12.1. The van der Waals surface area contributed by atoms with Gasteiger partial charge in [0.05, 0.1) is 11.8 Å². The highest BCUT2D eigenvalue weighted by Crippen LogP contribution is 2.43. The van der Waals surface area contributed by atoms with Gasteiger partial charge in [-0.1, -0.05) is 55.5 Å². The van der Waals surface area contributed by atoms with Gasteiger partial charge >= 0.3 is 6.18 Å². The van der Waals surface area contributed by atoms with Crippen molar-refractivity contribution in [2.75, 3.05) is 16.8 Å². The lowest BCUT2D eigenvalue weighted by atomic mass is 9.89. The molecule has 0 heterocycles. The average molecular weight is 387 g/mol. The molecular formula is C18H20F3NO3S. The standard InChI is InChI=1S/C18H20F3NO3S/c1-2-26(24,25)13-17(23,18(19,20)21)16(14-9-5-3-6-10-14)22-15-11-7-4-8-12-15/h3-12,16,22-23H,2,13H2,1H3. The molecule has 2 aromatic carbocycles. The number of sulfone groups is 1. The highest BCUT2D eigenvalue weighted by Gasteiger charge is 2.61. The third-order valence-electron chi connectivity index (χ3n) is 4.07. The fourth-order valence-corrected chi connectivity index (χ4v) is 3.80. The summed E-state index contributed by atoms with van der Waals surface area (Å²) < 4.78 is 65.5. The summed E-state index contributed by atoms with van der Waals surface area (Å²) in [4.78, 5) is 0. The van der Waals surface area contributed by atoms with Crippen molar-refractivity contribution in [3.63, 3.8) is 0 Å². The predicted octanol–water partition coefficient (Wildman–Crippen LogP) is 3.57. The van der Waals surface area contributed by atoms with Gasteiger partial charge < -0.3 is 10.4 Å². The van der Waals surface area contributed by atoms with Crippen LogP contribution in [0.5, 0.6) is 0 Å². The van der Waals surface area contributed by atoms with E-state index >= 15 is 0 Å². The minimum Gasteiger partial charge on any atom is -0.378 e. The van der Waals surface area contributed by atoms with E-state index in [0.29, 0.717) is 5.69 Å². The minimum atomic E-state index is -5.17. The van der Waals surface area contributed by atoms with Crippen LogP contribution in [0.25, 0.3) is 0 Å². The van der Waals surface area contributed by atoms with Gasteiger partial charge in [-0.3, -0.25) is 0 Å². The molecule has 0 radical (unpaired) electrons. The average Bonchev–Trinajstić information content (AvgIpc) is 2.60. The zero-order valence-electron chi connectivity index (χ0n) is 14.1. The van der Waals surface area contributed by atoms with Crippen LogP contribution >= 0.6 is 0 Å². The summed E-state index contributed by atoms with van der Waals surface area (Å²) in [6.07, 6.45) is -5.17. The summed E-state index contributed by atoms with van der Waals surface area (Å²) >= 11 is 0. The fourth-order valence-electron chi connectivity index (χ4n) is 2.59. The number of halogens is 3. The Morgan fingerprint density at radius 2 is 1.50 bits per heavy atom. The second-order valence-corrected chi connectivity index (χ2v) is 8.31. The highest BCUT2D eigenvalue weighted by atomic mass is 32.2. The molecule has 0 fully saturated rings. The topological polar surface area (TPSA) is 66.4 Å². The maximum Gasteiger partial charge on any atom is 0.420 e. The van der Waals surface area contributed by atoms with Crippen LogP contribution in [0.15, 0.2) is 60.7 Å². The van der Waals surface area contributed by atoms with Crippen LogP contribution in [0.3, 0.4) is 0 Å². The molecule has 142 valence electrons. The molecule has 4 nitrogen and oxygen atoms in total. The first-order valence-corrected chi connectivity index (χ1v) is 9.77. The Bertz CT molecular complexity index is 811. The Labute approximate surface area is 150 Å². The number of hydrogen-bond acceptors (Lipinski definition) is 4. The van der Waals surface area contributed by atoms with Crippen molar-refractivity contribution >= 4 is 15.5 Å². The van der Waals surface area contributed by atoms with Crippen molar-refractivity contribution in [2.24, 2.45) is 0 Å². The van der Waals surface area contributed by atoms with Crippen LogP contribution in [0.4, 0.5) is 18.9 Å². The molecule has 2 atom stereocenters. The molecule has 0 bridgehead atoms. The van der Waals surface area contributed by atoms with Crippen molar-refractivity contribution < 1.29 is 26.7 Å². The molecule has 2 rings (SSSR count). The molecule has 0 amide bonds. The highest BCUT2D eigenvalue weighted by molar-refractivity contribution is 7.91. The van der Waals surface area contributed by atoms with Gasteiger partial charge in [-0.2, -0.15) is 13.2 Å². The molecule has 0 saturated carbocycles.